The fourth-order valence-corrected chi connectivity index (χ4v) is 1.42. The lowest BCUT2D eigenvalue weighted by Gasteiger charge is -2.22. The maximum atomic E-state index is 11.4. The number of nitrogens with zero attached hydrogens (tertiary/aromatic N) is 1. The van der Waals surface area contributed by atoms with Crippen molar-refractivity contribution in [1.82, 2.24) is 5.32 Å². The molecule has 0 spiro atoms. The number of nitrogen functional groups attached to an aromatic ring is 1. The number of nitrogens with two attached hydrogens (primary N) is 2. The van der Waals surface area contributed by atoms with Crippen molar-refractivity contribution in [2.75, 3.05) is 23.7 Å². The number of primary amides is 1. The zero-order chi connectivity index (χ0) is 12.8. The third-order valence-corrected chi connectivity index (χ3v) is 2.24. The summed E-state index contributed by atoms with van der Waals surface area (Å²) in [5.74, 6) is -0.434. The van der Waals surface area contributed by atoms with Gasteiger partial charge >= 0.3 is 6.03 Å². The Kier molecular flexibility index (Phi) is 4.33. The van der Waals surface area contributed by atoms with Crippen LogP contribution in [0, 0.1) is 0 Å². The summed E-state index contributed by atoms with van der Waals surface area (Å²) in [6, 6.07) is 6.30. The fraction of sp³-hybridized carbons (Fsp3) is 0.273. The van der Waals surface area contributed by atoms with Gasteiger partial charge in [-0.05, 0) is 31.2 Å². The normalized spacial score (nSPS) is 9.71. The quantitative estimate of drug-likeness (QED) is 0.654. The second-order valence-electron chi connectivity index (χ2n) is 3.52. The zero-order valence-corrected chi connectivity index (χ0v) is 9.64. The predicted molar refractivity (Wildman–Crippen MR) is 66.5 cm³/mol. The van der Waals surface area contributed by atoms with Gasteiger partial charge in [-0.25, -0.2) is 4.79 Å². The van der Waals surface area contributed by atoms with E-state index >= 15 is 0 Å². The first-order valence-corrected chi connectivity index (χ1v) is 5.22. The number of urea groups is 1. The summed E-state index contributed by atoms with van der Waals surface area (Å²) in [5, 5.41) is 2.02. The van der Waals surface area contributed by atoms with E-state index < -0.39 is 11.9 Å². The Balaban J connectivity index is 2.68. The van der Waals surface area contributed by atoms with Crippen LogP contribution in [-0.4, -0.2) is 25.0 Å². The van der Waals surface area contributed by atoms with Crippen molar-refractivity contribution in [1.29, 1.82) is 0 Å². The molecule has 0 aliphatic heterocycles. The summed E-state index contributed by atoms with van der Waals surface area (Å²) >= 11 is 0. The van der Waals surface area contributed by atoms with Gasteiger partial charge in [0.05, 0.1) is 6.54 Å². The van der Waals surface area contributed by atoms with E-state index in [2.05, 4.69) is 0 Å². The SMILES string of the molecule is CCN(CC(=O)NC(N)=O)c1ccc(N)cc1. The standard InChI is InChI=1S/C11H16N4O2/c1-2-15(7-10(16)14-11(13)17)9-5-3-8(12)4-6-9/h3-6H,2,7,12H2,1H3,(H3,13,14,16,17). The largest absolute Gasteiger partial charge is 0.399 e. The molecule has 0 saturated heterocycles. The molecule has 17 heavy (non-hydrogen) atoms. The Morgan fingerprint density at radius 2 is 1.88 bits per heavy atom. The molecule has 0 aromatic heterocycles. The van der Waals surface area contributed by atoms with Gasteiger partial charge in [0.1, 0.15) is 0 Å². The molecular formula is C11H16N4O2. The minimum atomic E-state index is -0.844. The summed E-state index contributed by atoms with van der Waals surface area (Å²) in [4.78, 5) is 23.7. The van der Waals surface area contributed by atoms with Gasteiger partial charge in [0, 0.05) is 17.9 Å². The molecule has 3 amide bonds. The van der Waals surface area contributed by atoms with Crippen LogP contribution in [0.15, 0.2) is 24.3 Å². The molecular weight excluding hydrogens is 220 g/mol. The van der Waals surface area contributed by atoms with E-state index in [1.54, 1.807) is 17.0 Å². The highest BCUT2D eigenvalue weighted by atomic mass is 16.2. The molecule has 5 N–H and O–H groups in total. The van der Waals surface area contributed by atoms with Crippen molar-refractivity contribution in [2.45, 2.75) is 6.92 Å². The molecule has 0 atom stereocenters. The highest BCUT2D eigenvalue weighted by molar-refractivity contribution is 5.95. The number of hydrogen-bond acceptors (Lipinski definition) is 4. The van der Waals surface area contributed by atoms with Crippen LogP contribution in [0.5, 0.6) is 0 Å². The van der Waals surface area contributed by atoms with Crippen molar-refractivity contribution in [3.05, 3.63) is 24.3 Å². The number of carbonyl (C=O) groups excluding carboxylic acids is 2. The lowest BCUT2D eigenvalue weighted by atomic mass is 10.2. The number of nitrogens with one attached hydrogen (secondary N) is 1. The first kappa shape index (κ1) is 12.8. The molecule has 0 radical (unpaired) electrons. The number of carbonyl (C=O) groups is 2. The highest BCUT2D eigenvalue weighted by Gasteiger charge is 2.10. The summed E-state index contributed by atoms with van der Waals surface area (Å²) < 4.78 is 0. The Bertz CT molecular complexity index is 402. The van der Waals surface area contributed by atoms with Crippen LogP contribution < -0.4 is 21.7 Å². The lowest BCUT2D eigenvalue weighted by Crippen LogP contribution is -2.42. The Labute approximate surface area is 99.6 Å². The average molecular weight is 236 g/mol. The van der Waals surface area contributed by atoms with Gasteiger partial charge in [0.15, 0.2) is 0 Å². The van der Waals surface area contributed by atoms with Crippen LogP contribution >= 0.6 is 0 Å². The first-order valence-electron chi connectivity index (χ1n) is 5.22. The molecule has 0 saturated carbocycles. The van der Waals surface area contributed by atoms with Gasteiger partial charge in [-0.2, -0.15) is 0 Å². The second kappa shape index (κ2) is 5.74. The maximum Gasteiger partial charge on any atom is 0.318 e. The molecule has 92 valence electrons. The van der Waals surface area contributed by atoms with Crippen LogP contribution in [0.2, 0.25) is 0 Å². The topological polar surface area (TPSA) is 101 Å². The molecule has 1 aromatic rings. The van der Waals surface area contributed by atoms with Gasteiger partial charge in [0.25, 0.3) is 0 Å². The summed E-state index contributed by atoms with van der Waals surface area (Å²) in [5.41, 5.74) is 12.0. The molecule has 6 heteroatoms. The Hall–Kier alpha value is -2.24. The second-order valence-corrected chi connectivity index (χ2v) is 3.52. The van der Waals surface area contributed by atoms with Gasteiger partial charge in [-0.15, -0.1) is 0 Å². The number of rotatable bonds is 4. The number of benzene rings is 1. The zero-order valence-electron chi connectivity index (χ0n) is 9.64. The minimum absolute atomic E-state index is 0.0728. The van der Waals surface area contributed by atoms with E-state index in [4.69, 9.17) is 11.5 Å². The highest BCUT2D eigenvalue weighted by Crippen LogP contribution is 2.15. The third kappa shape index (κ3) is 4.02. The maximum absolute atomic E-state index is 11.4. The molecule has 1 rings (SSSR count). The molecule has 0 unspecified atom stereocenters. The predicted octanol–water partition coefficient (Wildman–Crippen LogP) is 0.290. The van der Waals surface area contributed by atoms with Gasteiger partial charge in [0.2, 0.25) is 5.91 Å². The first-order chi connectivity index (χ1) is 8.02. The van der Waals surface area contributed by atoms with E-state index in [-0.39, 0.29) is 6.54 Å². The number of imide groups is 1. The molecule has 0 bridgehead atoms. The lowest BCUT2D eigenvalue weighted by molar-refractivity contribution is -0.118. The van der Waals surface area contributed by atoms with E-state index in [0.717, 1.165) is 5.69 Å². The van der Waals surface area contributed by atoms with Crippen LogP contribution in [0.1, 0.15) is 6.92 Å². The van der Waals surface area contributed by atoms with E-state index in [9.17, 15) is 9.59 Å². The van der Waals surface area contributed by atoms with Crippen molar-refractivity contribution in [3.8, 4) is 0 Å². The van der Waals surface area contributed by atoms with E-state index in [0.29, 0.717) is 12.2 Å². The summed E-state index contributed by atoms with van der Waals surface area (Å²) in [6.45, 7) is 2.62. The van der Waals surface area contributed by atoms with Crippen molar-refractivity contribution in [3.63, 3.8) is 0 Å². The molecule has 6 nitrogen and oxygen atoms in total. The van der Waals surface area contributed by atoms with Gasteiger partial charge in [-0.1, -0.05) is 0 Å². The molecule has 0 aliphatic rings. The van der Waals surface area contributed by atoms with E-state index in [1.807, 2.05) is 24.4 Å². The number of hydrogen-bond donors (Lipinski definition) is 3. The van der Waals surface area contributed by atoms with Crippen LogP contribution in [-0.2, 0) is 4.79 Å². The molecule has 0 heterocycles. The molecule has 1 aromatic carbocycles. The number of anilines is 2. The van der Waals surface area contributed by atoms with Crippen molar-refractivity contribution >= 4 is 23.3 Å². The monoisotopic (exact) mass is 236 g/mol. The van der Waals surface area contributed by atoms with Crippen LogP contribution in [0.4, 0.5) is 16.2 Å². The van der Waals surface area contributed by atoms with Crippen LogP contribution in [0.25, 0.3) is 0 Å². The smallest absolute Gasteiger partial charge is 0.318 e. The summed E-state index contributed by atoms with van der Waals surface area (Å²) in [6.07, 6.45) is 0. The summed E-state index contributed by atoms with van der Waals surface area (Å²) in [7, 11) is 0. The third-order valence-electron chi connectivity index (χ3n) is 2.24. The van der Waals surface area contributed by atoms with Crippen LogP contribution in [0.3, 0.4) is 0 Å². The Morgan fingerprint density at radius 3 is 2.35 bits per heavy atom. The van der Waals surface area contributed by atoms with Gasteiger partial charge in [-0.3, -0.25) is 10.1 Å². The van der Waals surface area contributed by atoms with E-state index in [1.165, 1.54) is 0 Å². The Morgan fingerprint density at radius 1 is 1.29 bits per heavy atom. The van der Waals surface area contributed by atoms with Crippen molar-refractivity contribution < 1.29 is 9.59 Å². The molecule has 0 fully saturated rings. The number of likely N-dealkylation sites (N-methyl/N-ethyl adjacent to an activating group) is 1. The fourth-order valence-electron chi connectivity index (χ4n) is 1.42. The number of amides is 3. The molecule has 0 aliphatic carbocycles. The minimum Gasteiger partial charge on any atom is -0.399 e. The average Bonchev–Trinajstić information content (AvgIpc) is 2.26. The van der Waals surface area contributed by atoms with Gasteiger partial charge < -0.3 is 16.4 Å². The van der Waals surface area contributed by atoms with Crippen molar-refractivity contribution in [2.24, 2.45) is 5.73 Å².